The minimum absolute atomic E-state index is 0.290. The molecule has 0 radical (unpaired) electrons. The fourth-order valence-electron chi connectivity index (χ4n) is 2.97. The summed E-state index contributed by atoms with van der Waals surface area (Å²) in [6.07, 6.45) is 4.01. The summed E-state index contributed by atoms with van der Waals surface area (Å²) in [5.74, 6) is 1.85. The Morgan fingerprint density at radius 3 is 2.83 bits per heavy atom. The van der Waals surface area contributed by atoms with Gasteiger partial charge in [-0.15, -0.1) is 11.8 Å². The third kappa shape index (κ3) is 2.44. The van der Waals surface area contributed by atoms with Crippen molar-refractivity contribution in [2.24, 2.45) is 0 Å². The largest absolute Gasteiger partial charge is 0.395 e. The van der Waals surface area contributed by atoms with Crippen LogP contribution in [0.5, 0.6) is 0 Å². The van der Waals surface area contributed by atoms with Crippen molar-refractivity contribution >= 4 is 11.8 Å². The maximum Gasteiger partial charge on any atom is 0.0558 e. The van der Waals surface area contributed by atoms with E-state index in [1.54, 1.807) is 0 Å². The molecule has 1 saturated carbocycles. The number of benzene rings is 1. The second kappa shape index (κ2) is 5.64. The molecule has 1 atom stereocenters. The molecule has 1 aromatic carbocycles. The molecule has 1 aliphatic carbocycles. The highest BCUT2D eigenvalue weighted by molar-refractivity contribution is 7.99. The zero-order valence-electron chi connectivity index (χ0n) is 10.7. The molecule has 1 heterocycles. The van der Waals surface area contributed by atoms with Crippen molar-refractivity contribution in [2.75, 3.05) is 25.4 Å². The van der Waals surface area contributed by atoms with Crippen molar-refractivity contribution in [3.8, 4) is 0 Å². The molecule has 3 heteroatoms. The van der Waals surface area contributed by atoms with Gasteiger partial charge in [-0.25, -0.2) is 0 Å². The van der Waals surface area contributed by atoms with E-state index in [4.69, 9.17) is 0 Å². The molecule has 1 aliphatic heterocycles. The molecular formula is C15H21NOS. The quantitative estimate of drug-likeness (QED) is 0.883. The first-order valence-corrected chi connectivity index (χ1v) is 7.93. The van der Waals surface area contributed by atoms with E-state index < -0.39 is 0 Å². The van der Waals surface area contributed by atoms with Crippen LogP contribution in [0, 0.1) is 0 Å². The Hall–Kier alpha value is -0.510. The zero-order valence-corrected chi connectivity index (χ0v) is 11.5. The normalized spacial score (nSPS) is 23.1. The van der Waals surface area contributed by atoms with Gasteiger partial charge in [0, 0.05) is 35.7 Å². The van der Waals surface area contributed by atoms with Gasteiger partial charge in [0.1, 0.15) is 0 Å². The summed E-state index contributed by atoms with van der Waals surface area (Å²) in [6, 6.07) is 9.52. The van der Waals surface area contributed by atoms with Gasteiger partial charge in [0.2, 0.25) is 0 Å². The molecule has 0 saturated heterocycles. The minimum Gasteiger partial charge on any atom is -0.395 e. The summed E-state index contributed by atoms with van der Waals surface area (Å²) in [7, 11) is 0. The molecule has 1 unspecified atom stereocenters. The van der Waals surface area contributed by atoms with Gasteiger partial charge in [-0.1, -0.05) is 24.6 Å². The lowest BCUT2D eigenvalue weighted by Gasteiger charge is -2.38. The molecule has 98 valence electrons. The van der Waals surface area contributed by atoms with Gasteiger partial charge < -0.3 is 5.11 Å². The van der Waals surface area contributed by atoms with Crippen LogP contribution in [-0.4, -0.2) is 41.5 Å². The Bertz CT molecular complexity index is 405. The standard InChI is InChI=1S/C15H21NOS/c17-9-8-16(13-4-3-5-13)10-12-11-18-15-7-2-1-6-14(12)15/h1-2,6-7,12-13,17H,3-5,8-11H2. The van der Waals surface area contributed by atoms with E-state index in [1.165, 1.54) is 35.5 Å². The Morgan fingerprint density at radius 1 is 1.28 bits per heavy atom. The van der Waals surface area contributed by atoms with Gasteiger partial charge >= 0.3 is 0 Å². The van der Waals surface area contributed by atoms with Gasteiger partial charge in [-0.3, -0.25) is 4.90 Å². The molecule has 1 N–H and O–H groups in total. The van der Waals surface area contributed by atoms with Crippen LogP contribution < -0.4 is 0 Å². The van der Waals surface area contributed by atoms with Gasteiger partial charge in [0.05, 0.1) is 6.61 Å². The SMILES string of the molecule is OCCN(CC1CSc2ccccc21)C1CCC1. The molecule has 1 aromatic rings. The van der Waals surface area contributed by atoms with E-state index in [1.807, 2.05) is 11.8 Å². The fraction of sp³-hybridized carbons (Fsp3) is 0.600. The molecule has 0 aromatic heterocycles. The lowest BCUT2D eigenvalue weighted by molar-refractivity contribution is 0.0969. The van der Waals surface area contributed by atoms with Crippen molar-refractivity contribution in [3.63, 3.8) is 0 Å². The first-order chi connectivity index (χ1) is 8.88. The van der Waals surface area contributed by atoms with Crippen molar-refractivity contribution in [1.82, 2.24) is 4.90 Å². The van der Waals surface area contributed by atoms with Crippen LogP contribution >= 0.6 is 11.8 Å². The van der Waals surface area contributed by atoms with Crippen molar-refractivity contribution in [3.05, 3.63) is 29.8 Å². The van der Waals surface area contributed by atoms with Crippen LogP contribution in [0.1, 0.15) is 30.7 Å². The smallest absolute Gasteiger partial charge is 0.0558 e. The summed E-state index contributed by atoms with van der Waals surface area (Å²) in [4.78, 5) is 3.97. The number of nitrogens with zero attached hydrogens (tertiary/aromatic N) is 1. The monoisotopic (exact) mass is 263 g/mol. The second-order valence-electron chi connectivity index (χ2n) is 5.35. The van der Waals surface area contributed by atoms with Crippen molar-refractivity contribution < 1.29 is 5.11 Å². The topological polar surface area (TPSA) is 23.5 Å². The Morgan fingerprint density at radius 2 is 2.11 bits per heavy atom. The summed E-state index contributed by atoms with van der Waals surface area (Å²) in [5.41, 5.74) is 1.52. The van der Waals surface area contributed by atoms with E-state index in [-0.39, 0.29) is 6.61 Å². The highest BCUT2D eigenvalue weighted by Crippen LogP contribution is 2.40. The number of fused-ring (bicyclic) bond motifs is 1. The minimum atomic E-state index is 0.290. The molecule has 0 bridgehead atoms. The van der Waals surface area contributed by atoms with Crippen LogP contribution in [0.15, 0.2) is 29.2 Å². The van der Waals surface area contributed by atoms with E-state index in [9.17, 15) is 5.11 Å². The summed E-state index contributed by atoms with van der Waals surface area (Å²) in [6.45, 7) is 2.25. The molecule has 0 amide bonds. The number of thioether (sulfide) groups is 1. The Labute approximate surface area is 113 Å². The fourth-order valence-corrected chi connectivity index (χ4v) is 4.21. The lowest BCUT2D eigenvalue weighted by Crippen LogP contribution is -2.43. The molecule has 2 aliphatic rings. The molecule has 0 spiro atoms. The number of hydrogen-bond acceptors (Lipinski definition) is 3. The highest BCUT2D eigenvalue weighted by atomic mass is 32.2. The van der Waals surface area contributed by atoms with E-state index >= 15 is 0 Å². The molecule has 18 heavy (non-hydrogen) atoms. The van der Waals surface area contributed by atoms with Gasteiger partial charge in [-0.2, -0.15) is 0 Å². The van der Waals surface area contributed by atoms with Crippen LogP contribution in [0.4, 0.5) is 0 Å². The van der Waals surface area contributed by atoms with Crippen LogP contribution in [-0.2, 0) is 0 Å². The van der Waals surface area contributed by atoms with E-state index in [2.05, 4.69) is 29.2 Å². The van der Waals surface area contributed by atoms with E-state index in [0.29, 0.717) is 5.92 Å². The first kappa shape index (κ1) is 12.5. The average molecular weight is 263 g/mol. The lowest BCUT2D eigenvalue weighted by atomic mass is 9.90. The third-order valence-electron chi connectivity index (χ3n) is 4.23. The highest BCUT2D eigenvalue weighted by Gasteiger charge is 2.30. The average Bonchev–Trinajstić information content (AvgIpc) is 2.71. The first-order valence-electron chi connectivity index (χ1n) is 6.95. The predicted octanol–water partition coefficient (Wildman–Crippen LogP) is 2.72. The number of rotatable bonds is 5. The Balaban J connectivity index is 1.68. The summed E-state index contributed by atoms with van der Waals surface area (Å²) < 4.78 is 0. The molecule has 1 fully saturated rings. The number of aliphatic hydroxyl groups excluding tert-OH is 1. The predicted molar refractivity (Wildman–Crippen MR) is 76.2 cm³/mol. The number of hydrogen-bond donors (Lipinski definition) is 1. The van der Waals surface area contributed by atoms with Crippen LogP contribution in [0.25, 0.3) is 0 Å². The van der Waals surface area contributed by atoms with E-state index in [0.717, 1.165) is 19.1 Å². The van der Waals surface area contributed by atoms with Gasteiger partial charge in [0.15, 0.2) is 0 Å². The maximum atomic E-state index is 9.23. The molecule has 2 nitrogen and oxygen atoms in total. The number of aliphatic hydroxyl groups is 1. The van der Waals surface area contributed by atoms with Crippen molar-refractivity contribution in [1.29, 1.82) is 0 Å². The van der Waals surface area contributed by atoms with Crippen molar-refractivity contribution in [2.45, 2.75) is 36.1 Å². The Kier molecular flexibility index (Phi) is 3.92. The molecule has 3 rings (SSSR count). The second-order valence-corrected chi connectivity index (χ2v) is 6.41. The van der Waals surface area contributed by atoms with Crippen LogP contribution in [0.2, 0.25) is 0 Å². The molecular weight excluding hydrogens is 242 g/mol. The van der Waals surface area contributed by atoms with Crippen LogP contribution in [0.3, 0.4) is 0 Å². The zero-order chi connectivity index (χ0) is 12.4. The van der Waals surface area contributed by atoms with Gasteiger partial charge in [0.25, 0.3) is 0 Å². The summed E-state index contributed by atoms with van der Waals surface area (Å²) >= 11 is 1.98. The maximum absolute atomic E-state index is 9.23. The third-order valence-corrected chi connectivity index (χ3v) is 5.48. The van der Waals surface area contributed by atoms with Gasteiger partial charge in [-0.05, 0) is 24.5 Å². The summed E-state index contributed by atoms with van der Waals surface area (Å²) in [5, 5.41) is 9.23.